The van der Waals surface area contributed by atoms with Gasteiger partial charge >= 0.3 is 0 Å². The van der Waals surface area contributed by atoms with E-state index in [1.807, 2.05) is 55.8 Å². The standard InChI is InChI=1S/C18H17N5O2/c1-11-8-9-13(25-11)10-19-20-17(24)16-12(2)21-23-15-7-5-4-6-14(15)22(3)18(16)23/h4-10H,1-3H3,(H,20,24). The fraction of sp³-hybridized carbons (Fsp3) is 0.167. The third-order valence-corrected chi connectivity index (χ3v) is 4.17. The number of aryl methyl sites for hydroxylation is 3. The molecule has 7 heteroatoms. The number of aromatic nitrogens is 3. The van der Waals surface area contributed by atoms with Crippen LogP contribution < -0.4 is 5.43 Å². The topological polar surface area (TPSA) is 76.8 Å². The van der Waals surface area contributed by atoms with Gasteiger partial charge in [0.15, 0.2) is 0 Å². The molecule has 25 heavy (non-hydrogen) atoms. The Kier molecular flexibility index (Phi) is 3.42. The number of benzene rings is 1. The molecule has 1 N–H and O–H groups in total. The Labute approximate surface area is 143 Å². The van der Waals surface area contributed by atoms with Crippen LogP contribution >= 0.6 is 0 Å². The van der Waals surface area contributed by atoms with E-state index in [2.05, 4.69) is 15.6 Å². The van der Waals surface area contributed by atoms with E-state index in [0.717, 1.165) is 22.4 Å². The highest BCUT2D eigenvalue weighted by molar-refractivity contribution is 6.03. The van der Waals surface area contributed by atoms with Crippen molar-refractivity contribution in [2.24, 2.45) is 12.1 Å². The lowest BCUT2D eigenvalue weighted by molar-refractivity contribution is 0.0956. The van der Waals surface area contributed by atoms with Gasteiger partial charge in [0.05, 0.1) is 22.9 Å². The second-order valence-electron chi connectivity index (χ2n) is 5.89. The van der Waals surface area contributed by atoms with Crippen LogP contribution in [0.3, 0.4) is 0 Å². The fourth-order valence-electron chi connectivity index (χ4n) is 3.03. The summed E-state index contributed by atoms with van der Waals surface area (Å²) in [5.74, 6) is 1.06. The minimum atomic E-state index is -0.307. The van der Waals surface area contributed by atoms with Gasteiger partial charge in [-0.25, -0.2) is 9.94 Å². The Morgan fingerprint density at radius 2 is 1.96 bits per heavy atom. The van der Waals surface area contributed by atoms with Crippen molar-refractivity contribution >= 4 is 28.8 Å². The Morgan fingerprint density at radius 3 is 2.68 bits per heavy atom. The van der Waals surface area contributed by atoms with Crippen LogP contribution in [-0.2, 0) is 7.05 Å². The first-order valence-corrected chi connectivity index (χ1v) is 7.89. The molecular weight excluding hydrogens is 318 g/mol. The van der Waals surface area contributed by atoms with E-state index in [1.54, 1.807) is 10.6 Å². The summed E-state index contributed by atoms with van der Waals surface area (Å²) in [6.45, 7) is 3.67. The van der Waals surface area contributed by atoms with Gasteiger partial charge in [0.1, 0.15) is 22.7 Å². The van der Waals surface area contributed by atoms with Crippen LogP contribution in [0.2, 0.25) is 0 Å². The van der Waals surface area contributed by atoms with Gasteiger partial charge in [0.25, 0.3) is 5.91 Å². The minimum absolute atomic E-state index is 0.307. The lowest BCUT2D eigenvalue weighted by Gasteiger charge is -2.01. The zero-order valence-corrected chi connectivity index (χ0v) is 14.1. The van der Waals surface area contributed by atoms with Gasteiger partial charge in [-0.05, 0) is 38.1 Å². The van der Waals surface area contributed by atoms with E-state index >= 15 is 0 Å². The Morgan fingerprint density at radius 1 is 1.20 bits per heavy atom. The van der Waals surface area contributed by atoms with E-state index in [-0.39, 0.29) is 5.91 Å². The van der Waals surface area contributed by atoms with E-state index in [9.17, 15) is 4.79 Å². The van der Waals surface area contributed by atoms with Crippen LogP contribution in [0, 0.1) is 13.8 Å². The van der Waals surface area contributed by atoms with Gasteiger partial charge in [-0.15, -0.1) is 0 Å². The molecule has 0 bridgehead atoms. The Balaban J connectivity index is 1.72. The van der Waals surface area contributed by atoms with Crippen LogP contribution in [0.5, 0.6) is 0 Å². The smallest absolute Gasteiger partial charge is 0.277 e. The molecule has 4 aromatic rings. The predicted molar refractivity (Wildman–Crippen MR) is 94.9 cm³/mol. The number of fused-ring (bicyclic) bond motifs is 3. The molecule has 3 aromatic heterocycles. The minimum Gasteiger partial charge on any atom is -0.460 e. The molecule has 126 valence electrons. The number of furan rings is 1. The molecule has 0 fully saturated rings. The molecular formula is C18H17N5O2. The van der Waals surface area contributed by atoms with Crippen molar-refractivity contribution in [2.75, 3.05) is 0 Å². The Bertz CT molecular complexity index is 1130. The molecule has 0 aliphatic rings. The average Bonchev–Trinajstić information content (AvgIpc) is 3.23. The maximum atomic E-state index is 12.6. The number of carbonyl (C=O) groups excluding carboxylic acids is 1. The number of hydrogen-bond donors (Lipinski definition) is 1. The summed E-state index contributed by atoms with van der Waals surface area (Å²) in [5, 5.41) is 8.50. The monoisotopic (exact) mass is 335 g/mol. The zero-order valence-electron chi connectivity index (χ0n) is 14.1. The molecule has 0 spiro atoms. The molecule has 0 unspecified atom stereocenters. The average molecular weight is 335 g/mol. The van der Waals surface area contributed by atoms with Crippen molar-refractivity contribution in [1.29, 1.82) is 0 Å². The van der Waals surface area contributed by atoms with Gasteiger partial charge in [-0.3, -0.25) is 4.79 Å². The summed E-state index contributed by atoms with van der Waals surface area (Å²) in [4.78, 5) is 12.6. The predicted octanol–water partition coefficient (Wildman–Crippen LogP) is 2.80. The van der Waals surface area contributed by atoms with Crippen LogP contribution in [0.4, 0.5) is 0 Å². The van der Waals surface area contributed by atoms with Crippen molar-refractivity contribution < 1.29 is 9.21 Å². The maximum absolute atomic E-state index is 12.6. The van der Waals surface area contributed by atoms with Crippen LogP contribution in [0.25, 0.3) is 16.7 Å². The van der Waals surface area contributed by atoms with Crippen molar-refractivity contribution in [3.63, 3.8) is 0 Å². The first-order chi connectivity index (χ1) is 12.1. The number of nitrogens with one attached hydrogen (secondary N) is 1. The normalized spacial score (nSPS) is 11.8. The highest BCUT2D eigenvalue weighted by Gasteiger charge is 2.22. The third kappa shape index (κ3) is 2.40. The summed E-state index contributed by atoms with van der Waals surface area (Å²) in [5.41, 5.74) is 6.41. The second kappa shape index (κ2) is 5.62. The summed E-state index contributed by atoms with van der Waals surface area (Å²) in [6, 6.07) is 11.5. The molecule has 7 nitrogen and oxygen atoms in total. The largest absolute Gasteiger partial charge is 0.460 e. The van der Waals surface area contributed by atoms with Gasteiger partial charge in [-0.2, -0.15) is 10.2 Å². The van der Waals surface area contributed by atoms with Crippen LogP contribution in [0.1, 0.15) is 27.6 Å². The molecule has 1 amide bonds. The first-order valence-electron chi connectivity index (χ1n) is 7.89. The van der Waals surface area contributed by atoms with Crippen molar-refractivity contribution in [2.45, 2.75) is 13.8 Å². The van der Waals surface area contributed by atoms with Crippen molar-refractivity contribution in [1.82, 2.24) is 19.6 Å². The highest BCUT2D eigenvalue weighted by Crippen LogP contribution is 2.24. The fourth-order valence-corrected chi connectivity index (χ4v) is 3.03. The van der Waals surface area contributed by atoms with Gasteiger partial charge in [-0.1, -0.05) is 12.1 Å². The Hall–Kier alpha value is -3.35. The number of nitrogens with zero attached hydrogens (tertiary/aromatic N) is 4. The molecule has 0 aliphatic heterocycles. The first kappa shape index (κ1) is 15.2. The van der Waals surface area contributed by atoms with Gasteiger partial charge < -0.3 is 8.98 Å². The van der Waals surface area contributed by atoms with E-state index < -0.39 is 0 Å². The zero-order chi connectivity index (χ0) is 17.6. The summed E-state index contributed by atoms with van der Waals surface area (Å²) in [6.07, 6.45) is 1.47. The second-order valence-corrected chi connectivity index (χ2v) is 5.89. The van der Waals surface area contributed by atoms with E-state index in [1.165, 1.54) is 6.21 Å². The number of amides is 1. The number of hydrogen-bond acceptors (Lipinski definition) is 4. The molecule has 0 saturated heterocycles. The molecule has 0 atom stereocenters. The van der Waals surface area contributed by atoms with E-state index in [0.29, 0.717) is 17.0 Å². The molecule has 3 heterocycles. The maximum Gasteiger partial charge on any atom is 0.277 e. The van der Waals surface area contributed by atoms with Gasteiger partial charge in [0, 0.05) is 7.05 Å². The number of para-hydroxylation sites is 2. The molecule has 0 aliphatic carbocycles. The molecule has 0 saturated carbocycles. The van der Waals surface area contributed by atoms with Crippen LogP contribution in [-0.4, -0.2) is 26.3 Å². The number of hydrazone groups is 1. The van der Waals surface area contributed by atoms with Crippen molar-refractivity contribution in [3.05, 3.63) is 59.2 Å². The molecule has 1 aromatic carbocycles. The van der Waals surface area contributed by atoms with Crippen molar-refractivity contribution in [3.8, 4) is 0 Å². The number of carbonyl (C=O) groups is 1. The summed E-state index contributed by atoms with van der Waals surface area (Å²) >= 11 is 0. The quantitative estimate of drug-likeness (QED) is 0.462. The highest BCUT2D eigenvalue weighted by atomic mass is 16.3. The SMILES string of the molecule is Cc1ccc(C=NNC(=O)c2c(C)nn3c4ccccc4n(C)c23)o1. The van der Waals surface area contributed by atoms with E-state index in [4.69, 9.17) is 4.42 Å². The summed E-state index contributed by atoms with van der Waals surface area (Å²) in [7, 11) is 1.92. The summed E-state index contributed by atoms with van der Waals surface area (Å²) < 4.78 is 9.14. The lowest BCUT2D eigenvalue weighted by Crippen LogP contribution is -2.19. The molecule has 4 rings (SSSR count). The third-order valence-electron chi connectivity index (χ3n) is 4.17. The number of rotatable bonds is 3. The van der Waals surface area contributed by atoms with Crippen LogP contribution in [0.15, 0.2) is 45.9 Å². The lowest BCUT2D eigenvalue weighted by atomic mass is 10.2. The molecule has 0 radical (unpaired) electrons. The number of imidazole rings is 1. The van der Waals surface area contributed by atoms with Gasteiger partial charge in [0.2, 0.25) is 0 Å².